The van der Waals surface area contributed by atoms with E-state index >= 15 is 0 Å². The number of nitrogens with zero attached hydrogens (tertiary/aromatic N) is 1. The van der Waals surface area contributed by atoms with E-state index in [0.717, 1.165) is 0 Å². The van der Waals surface area contributed by atoms with E-state index in [1.807, 2.05) is 0 Å². The van der Waals surface area contributed by atoms with Crippen molar-refractivity contribution in [1.29, 1.82) is 0 Å². The predicted octanol–water partition coefficient (Wildman–Crippen LogP) is 3.42. The van der Waals surface area contributed by atoms with Crippen LogP contribution < -0.4 is 4.74 Å². The van der Waals surface area contributed by atoms with Crippen LogP contribution in [-0.2, 0) is 0 Å². The number of likely N-dealkylation sites (N-methyl/N-ethyl adjacent to an activating group) is 1. The first-order chi connectivity index (χ1) is 9.23. The molecule has 0 aromatic heterocycles. The molecular formula is C13H15ClF3NO2. The standard InChI is InChI=1S/C13H15ClF3NO2/c1-18(6-5-13(15,16)17)8-11(19)9-3-4-12(20-2)10(14)7-9/h3-4,7H,5-6,8H2,1-2H3. The maximum Gasteiger partial charge on any atom is 0.390 e. The molecule has 20 heavy (non-hydrogen) atoms. The van der Waals surface area contributed by atoms with Gasteiger partial charge in [0.2, 0.25) is 0 Å². The molecule has 0 aliphatic carbocycles. The van der Waals surface area contributed by atoms with Crippen LogP contribution in [0.1, 0.15) is 16.8 Å². The molecule has 0 aliphatic rings. The van der Waals surface area contributed by atoms with Gasteiger partial charge in [-0.15, -0.1) is 0 Å². The molecule has 0 fully saturated rings. The highest BCUT2D eigenvalue weighted by Gasteiger charge is 2.27. The van der Waals surface area contributed by atoms with Crippen molar-refractivity contribution in [3.63, 3.8) is 0 Å². The van der Waals surface area contributed by atoms with E-state index in [-0.39, 0.29) is 23.9 Å². The zero-order valence-corrected chi connectivity index (χ0v) is 11.9. The van der Waals surface area contributed by atoms with Crippen molar-refractivity contribution in [1.82, 2.24) is 4.90 Å². The molecule has 0 unspecified atom stereocenters. The average Bonchev–Trinajstić information content (AvgIpc) is 2.35. The SMILES string of the molecule is COc1ccc(C(=O)CN(C)CCC(F)(F)F)cc1Cl. The van der Waals surface area contributed by atoms with Gasteiger partial charge in [0.1, 0.15) is 5.75 Å². The summed E-state index contributed by atoms with van der Waals surface area (Å²) >= 11 is 5.89. The Bertz CT molecular complexity index is 477. The Morgan fingerprint density at radius 1 is 1.40 bits per heavy atom. The summed E-state index contributed by atoms with van der Waals surface area (Å²) in [6.07, 6.45) is -5.17. The van der Waals surface area contributed by atoms with Crippen molar-refractivity contribution >= 4 is 17.4 Å². The Kier molecular flexibility index (Phi) is 5.83. The normalized spacial score (nSPS) is 11.8. The minimum atomic E-state index is -4.22. The topological polar surface area (TPSA) is 29.5 Å². The van der Waals surface area contributed by atoms with Crippen molar-refractivity contribution in [2.45, 2.75) is 12.6 Å². The van der Waals surface area contributed by atoms with E-state index in [9.17, 15) is 18.0 Å². The van der Waals surface area contributed by atoms with Gasteiger partial charge in [-0.05, 0) is 25.2 Å². The van der Waals surface area contributed by atoms with Crippen molar-refractivity contribution in [3.05, 3.63) is 28.8 Å². The maximum atomic E-state index is 12.1. The number of halogens is 4. The molecule has 0 amide bonds. The number of ketones is 1. The lowest BCUT2D eigenvalue weighted by atomic mass is 10.1. The van der Waals surface area contributed by atoms with Gasteiger partial charge >= 0.3 is 6.18 Å². The zero-order valence-electron chi connectivity index (χ0n) is 11.1. The molecule has 0 saturated heterocycles. The molecule has 0 heterocycles. The summed E-state index contributed by atoms with van der Waals surface area (Å²) in [4.78, 5) is 13.2. The molecule has 0 saturated carbocycles. The highest BCUT2D eigenvalue weighted by atomic mass is 35.5. The molecule has 0 N–H and O–H groups in total. The average molecular weight is 310 g/mol. The van der Waals surface area contributed by atoms with Crippen LogP contribution in [0.3, 0.4) is 0 Å². The van der Waals surface area contributed by atoms with Crippen LogP contribution >= 0.6 is 11.6 Å². The number of ether oxygens (including phenoxy) is 1. The van der Waals surface area contributed by atoms with Gasteiger partial charge in [-0.3, -0.25) is 9.69 Å². The Labute approximate surface area is 120 Å². The molecule has 1 rings (SSSR count). The molecule has 0 spiro atoms. The second-order valence-corrected chi connectivity index (χ2v) is 4.78. The summed E-state index contributed by atoms with van der Waals surface area (Å²) < 4.78 is 41.2. The van der Waals surface area contributed by atoms with Crippen molar-refractivity contribution in [2.24, 2.45) is 0 Å². The Morgan fingerprint density at radius 3 is 2.55 bits per heavy atom. The first kappa shape index (κ1) is 16.8. The molecular weight excluding hydrogens is 295 g/mol. The fourth-order valence-corrected chi connectivity index (χ4v) is 1.83. The minimum absolute atomic E-state index is 0.0985. The number of methoxy groups -OCH3 is 1. The van der Waals surface area contributed by atoms with Crippen LogP contribution in [0, 0.1) is 0 Å². The molecule has 1 aromatic rings. The number of hydrogen-bond donors (Lipinski definition) is 0. The minimum Gasteiger partial charge on any atom is -0.495 e. The van der Waals surface area contributed by atoms with E-state index in [2.05, 4.69) is 0 Å². The number of hydrogen-bond acceptors (Lipinski definition) is 3. The lowest BCUT2D eigenvalue weighted by molar-refractivity contribution is -0.137. The van der Waals surface area contributed by atoms with Gasteiger partial charge in [0.05, 0.1) is 25.1 Å². The van der Waals surface area contributed by atoms with Crippen LogP contribution in [0.4, 0.5) is 13.2 Å². The highest BCUT2D eigenvalue weighted by Crippen LogP contribution is 2.25. The van der Waals surface area contributed by atoms with E-state index < -0.39 is 12.6 Å². The summed E-state index contributed by atoms with van der Waals surface area (Å²) in [5.41, 5.74) is 0.342. The van der Waals surface area contributed by atoms with Gasteiger partial charge < -0.3 is 4.74 Å². The lowest BCUT2D eigenvalue weighted by Gasteiger charge is -2.17. The Morgan fingerprint density at radius 2 is 2.05 bits per heavy atom. The van der Waals surface area contributed by atoms with Crippen LogP contribution in [0.2, 0.25) is 5.02 Å². The number of alkyl halides is 3. The maximum absolute atomic E-state index is 12.1. The number of benzene rings is 1. The fraction of sp³-hybridized carbons (Fsp3) is 0.462. The molecule has 0 atom stereocenters. The van der Waals surface area contributed by atoms with Gasteiger partial charge in [-0.2, -0.15) is 13.2 Å². The van der Waals surface area contributed by atoms with Gasteiger partial charge in [0.25, 0.3) is 0 Å². The fourth-order valence-electron chi connectivity index (χ4n) is 1.57. The van der Waals surface area contributed by atoms with E-state index in [4.69, 9.17) is 16.3 Å². The second-order valence-electron chi connectivity index (χ2n) is 4.38. The van der Waals surface area contributed by atoms with Gasteiger partial charge in [-0.25, -0.2) is 0 Å². The number of rotatable bonds is 6. The summed E-state index contributed by atoms with van der Waals surface area (Å²) in [6.45, 7) is -0.322. The van der Waals surface area contributed by atoms with E-state index in [1.165, 1.54) is 31.2 Å². The second kappa shape index (κ2) is 6.95. The quantitative estimate of drug-likeness (QED) is 0.754. The monoisotopic (exact) mass is 309 g/mol. The van der Waals surface area contributed by atoms with Crippen LogP contribution in [-0.4, -0.2) is 44.1 Å². The largest absolute Gasteiger partial charge is 0.495 e. The number of carbonyl (C=O) groups is 1. The summed E-state index contributed by atoms with van der Waals surface area (Å²) in [7, 11) is 2.92. The summed E-state index contributed by atoms with van der Waals surface area (Å²) in [5.74, 6) is 0.146. The smallest absolute Gasteiger partial charge is 0.390 e. The first-order valence-corrected chi connectivity index (χ1v) is 6.23. The lowest BCUT2D eigenvalue weighted by Crippen LogP contribution is -2.29. The molecule has 3 nitrogen and oxygen atoms in total. The molecule has 0 radical (unpaired) electrons. The predicted molar refractivity (Wildman–Crippen MR) is 70.5 cm³/mol. The molecule has 7 heteroatoms. The molecule has 0 bridgehead atoms. The van der Waals surface area contributed by atoms with Crippen molar-refractivity contribution in [2.75, 3.05) is 27.2 Å². The van der Waals surface area contributed by atoms with Gasteiger partial charge in [-0.1, -0.05) is 11.6 Å². The van der Waals surface area contributed by atoms with Crippen LogP contribution in [0.5, 0.6) is 5.75 Å². The van der Waals surface area contributed by atoms with Gasteiger partial charge in [0, 0.05) is 12.1 Å². The first-order valence-electron chi connectivity index (χ1n) is 5.85. The Balaban J connectivity index is 2.60. The Hall–Kier alpha value is -1.27. The number of carbonyl (C=O) groups excluding carboxylic acids is 1. The molecule has 112 valence electrons. The molecule has 0 aliphatic heterocycles. The van der Waals surface area contributed by atoms with E-state index in [0.29, 0.717) is 11.3 Å². The van der Waals surface area contributed by atoms with Crippen molar-refractivity contribution < 1.29 is 22.7 Å². The van der Waals surface area contributed by atoms with Crippen molar-refractivity contribution in [3.8, 4) is 5.75 Å². The highest BCUT2D eigenvalue weighted by molar-refractivity contribution is 6.32. The van der Waals surface area contributed by atoms with Gasteiger partial charge in [0.15, 0.2) is 5.78 Å². The third-order valence-corrected chi connectivity index (χ3v) is 2.96. The summed E-state index contributed by atoms with van der Waals surface area (Å²) in [6, 6.07) is 4.52. The van der Waals surface area contributed by atoms with E-state index in [1.54, 1.807) is 6.07 Å². The third kappa shape index (κ3) is 5.38. The van der Waals surface area contributed by atoms with Crippen LogP contribution in [0.25, 0.3) is 0 Å². The summed E-state index contributed by atoms with van der Waals surface area (Å²) in [5, 5.41) is 0.288. The third-order valence-electron chi connectivity index (χ3n) is 2.66. The zero-order chi connectivity index (χ0) is 15.3. The molecule has 1 aromatic carbocycles. The number of Topliss-reactive ketones (excluding diaryl/α,β-unsaturated/α-hetero) is 1. The van der Waals surface area contributed by atoms with Crippen LogP contribution in [0.15, 0.2) is 18.2 Å².